The summed E-state index contributed by atoms with van der Waals surface area (Å²) in [6.07, 6.45) is 0. The second kappa shape index (κ2) is 15.0. The Hall–Kier alpha value is -8.58. The molecule has 5 nitrogen and oxygen atoms in total. The van der Waals surface area contributed by atoms with Crippen LogP contribution in [0.15, 0.2) is 218 Å². The van der Waals surface area contributed by atoms with Gasteiger partial charge in [0.25, 0.3) is 0 Å². The highest BCUT2D eigenvalue weighted by molar-refractivity contribution is 7.14. The molecule has 0 unspecified atom stereocenters. The lowest BCUT2D eigenvalue weighted by atomic mass is 9.79. The van der Waals surface area contributed by atoms with Gasteiger partial charge in [-0.3, -0.25) is 0 Å². The molecule has 5 aliphatic rings. The fraction of sp³-hybridized carbons (Fsp3) is 0.104. The molecular formula is C67H51N3O2Si. The molecule has 0 atom stereocenters. The van der Waals surface area contributed by atoms with Gasteiger partial charge in [0, 0.05) is 66.2 Å². The van der Waals surface area contributed by atoms with Crippen molar-refractivity contribution >= 4 is 74.8 Å². The van der Waals surface area contributed by atoms with Crippen LogP contribution in [-0.4, -0.2) is 8.07 Å². The number of nitrogens with zero attached hydrogens (tertiary/aromatic N) is 3. The minimum absolute atomic E-state index is 0.420. The molecule has 0 bridgehead atoms. The molecule has 10 aromatic carbocycles. The summed E-state index contributed by atoms with van der Waals surface area (Å²) in [5.41, 5.74) is 19.7. The van der Waals surface area contributed by atoms with Crippen LogP contribution in [0.4, 0.5) is 51.2 Å². The van der Waals surface area contributed by atoms with Gasteiger partial charge in [-0.15, -0.1) is 0 Å². The summed E-state index contributed by atoms with van der Waals surface area (Å²) in [6, 6.07) is 79.5. The van der Waals surface area contributed by atoms with Gasteiger partial charge in [0.1, 0.15) is 23.0 Å². The first-order valence-corrected chi connectivity index (χ1v) is 28.0. The topological polar surface area (TPSA) is 28.2 Å². The van der Waals surface area contributed by atoms with Crippen LogP contribution in [0.1, 0.15) is 49.9 Å². The van der Waals surface area contributed by atoms with Gasteiger partial charge in [-0.1, -0.05) is 143 Å². The van der Waals surface area contributed by atoms with Crippen molar-refractivity contribution in [3.05, 3.63) is 241 Å². The third-order valence-electron chi connectivity index (χ3n) is 16.7. The summed E-state index contributed by atoms with van der Waals surface area (Å²) in [7, 11) is -2.94. The Bertz CT molecular complexity index is 3620. The zero-order valence-corrected chi connectivity index (χ0v) is 42.4. The average molecular weight is 958 g/mol. The van der Waals surface area contributed by atoms with E-state index in [9.17, 15) is 0 Å². The number of para-hydroxylation sites is 5. The number of anilines is 9. The van der Waals surface area contributed by atoms with E-state index in [-0.39, 0.29) is 0 Å². The lowest BCUT2D eigenvalue weighted by molar-refractivity contribution is 0.463. The van der Waals surface area contributed by atoms with E-state index in [1.54, 1.807) is 0 Å². The van der Waals surface area contributed by atoms with Gasteiger partial charge < -0.3 is 24.2 Å². The standard InChI is InChI=1S/C67H51N3O2Si/c1-66(2)53-38-47(68(42-22-11-6-12-23-42)43-24-13-7-14-25-43)34-36-49(53)51-40-57-64-61(59(51)66)70(46-30-19-10-20-31-46)62-60-52(41-58-65(62)73(64,5)63-55(71-57)32-21-33-56(63)72-58)50-37-35-48(39-54(50)67(60,3)4)69(44-26-15-8-16-27-44)45-28-17-9-18-29-45/h6-41H,1-5H3. The number of ether oxygens (including phenoxy) is 2. The molecule has 73 heavy (non-hydrogen) atoms. The summed E-state index contributed by atoms with van der Waals surface area (Å²) in [4.78, 5) is 7.42. The molecule has 350 valence electrons. The van der Waals surface area contributed by atoms with E-state index in [1.807, 2.05) is 0 Å². The van der Waals surface area contributed by atoms with Gasteiger partial charge in [-0.2, -0.15) is 0 Å². The quantitative estimate of drug-likeness (QED) is 0.148. The minimum atomic E-state index is -2.94. The fourth-order valence-electron chi connectivity index (χ4n) is 13.6. The molecule has 15 rings (SSSR count). The Balaban J connectivity index is 0.999. The Morgan fingerprint density at radius 2 is 0.726 bits per heavy atom. The van der Waals surface area contributed by atoms with E-state index in [0.29, 0.717) is 0 Å². The zero-order chi connectivity index (χ0) is 49.0. The van der Waals surface area contributed by atoms with E-state index >= 15 is 0 Å². The van der Waals surface area contributed by atoms with Crippen LogP contribution in [0.5, 0.6) is 23.0 Å². The molecule has 3 heterocycles. The van der Waals surface area contributed by atoms with Crippen molar-refractivity contribution in [1.82, 2.24) is 0 Å². The summed E-state index contributed by atoms with van der Waals surface area (Å²) in [5, 5.41) is 3.86. The first-order valence-electron chi connectivity index (χ1n) is 25.5. The molecule has 0 aromatic heterocycles. The lowest BCUT2D eigenvalue weighted by Crippen LogP contribution is -2.72. The molecule has 0 saturated carbocycles. The average Bonchev–Trinajstić information content (AvgIpc) is 3.81. The van der Waals surface area contributed by atoms with Gasteiger partial charge in [0.15, 0.2) is 8.07 Å². The van der Waals surface area contributed by atoms with Crippen molar-refractivity contribution in [2.45, 2.75) is 45.1 Å². The first-order chi connectivity index (χ1) is 35.6. The Morgan fingerprint density at radius 1 is 0.356 bits per heavy atom. The van der Waals surface area contributed by atoms with E-state index < -0.39 is 18.9 Å². The molecule has 0 saturated heterocycles. The van der Waals surface area contributed by atoms with Gasteiger partial charge in [0.05, 0.1) is 11.4 Å². The smallest absolute Gasteiger partial charge is 0.170 e. The van der Waals surface area contributed by atoms with Gasteiger partial charge >= 0.3 is 0 Å². The third-order valence-corrected chi connectivity index (χ3v) is 21.1. The van der Waals surface area contributed by atoms with Crippen LogP contribution in [0.25, 0.3) is 22.3 Å². The molecule has 6 heteroatoms. The third kappa shape index (κ3) is 5.67. The molecule has 0 N–H and O–H groups in total. The van der Waals surface area contributed by atoms with Crippen molar-refractivity contribution in [3.63, 3.8) is 0 Å². The maximum atomic E-state index is 7.29. The maximum absolute atomic E-state index is 7.29. The summed E-state index contributed by atoms with van der Waals surface area (Å²) < 4.78 is 14.6. The van der Waals surface area contributed by atoms with Crippen molar-refractivity contribution in [2.75, 3.05) is 14.7 Å². The van der Waals surface area contributed by atoms with Crippen LogP contribution in [-0.2, 0) is 10.8 Å². The van der Waals surface area contributed by atoms with Crippen LogP contribution in [0.3, 0.4) is 0 Å². The molecule has 3 aliphatic heterocycles. The summed E-state index contributed by atoms with van der Waals surface area (Å²) in [6.45, 7) is 12.4. The highest BCUT2D eigenvalue weighted by Crippen LogP contribution is 2.63. The van der Waals surface area contributed by atoms with Crippen molar-refractivity contribution in [3.8, 4) is 45.3 Å². The number of fused-ring (bicyclic) bond motifs is 8. The van der Waals surface area contributed by atoms with Crippen molar-refractivity contribution in [1.29, 1.82) is 0 Å². The van der Waals surface area contributed by atoms with E-state index in [2.05, 4.69) is 267 Å². The summed E-state index contributed by atoms with van der Waals surface area (Å²) >= 11 is 0. The van der Waals surface area contributed by atoms with Crippen LogP contribution in [0.2, 0.25) is 6.55 Å². The van der Waals surface area contributed by atoms with Crippen LogP contribution < -0.4 is 39.7 Å². The Kier molecular flexibility index (Phi) is 8.65. The molecular weight excluding hydrogens is 907 g/mol. The summed E-state index contributed by atoms with van der Waals surface area (Å²) in [5.74, 6) is 3.70. The van der Waals surface area contributed by atoms with Crippen LogP contribution in [0, 0.1) is 0 Å². The molecule has 0 fully saturated rings. The first kappa shape index (κ1) is 42.1. The van der Waals surface area contributed by atoms with E-state index in [0.717, 1.165) is 62.8 Å². The molecule has 0 radical (unpaired) electrons. The fourth-order valence-corrected chi connectivity index (χ4v) is 18.3. The Labute approximate surface area is 427 Å². The van der Waals surface area contributed by atoms with Gasteiger partial charge in [-0.25, -0.2) is 0 Å². The van der Waals surface area contributed by atoms with E-state index in [1.165, 1.54) is 71.4 Å². The van der Waals surface area contributed by atoms with Gasteiger partial charge in [0.2, 0.25) is 0 Å². The zero-order valence-electron chi connectivity index (χ0n) is 41.4. The minimum Gasteiger partial charge on any atom is -0.457 e. The van der Waals surface area contributed by atoms with Crippen molar-refractivity contribution < 1.29 is 9.47 Å². The number of rotatable bonds is 7. The number of hydrogen-bond acceptors (Lipinski definition) is 5. The molecule has 0 amide bonds. The second-order valence-corrected chi connectivity index (χ2v) is 25.1. The second-order valence-electron chi connectivity index (χ2n) is 21.4. The molecule has 10 aromatic rings. The maximum Gasteiger partial charge on any atom is 0.170 e. The number of hydrogen-bond donors (Lipinski definition) is 0. The van der Waals surface area contributed by atoms with Gasteiger partial charge in [-0.05, 0) is 154 Å². The predicted molar refractivity (Wildman–Crippen MR) is 303 cm³/mol. The van der Waals surface area contributed by atoms with Crippen LogP contribution >= 0.6 is 0 Å². The number of benzene rings is 10. The Morgan fingerprint density at radius 3 is 1.11 bits per heavy atom. The van der Waals surface area contributed by atoms with Crippen molar-refractivity contribution in [2.24, 2.45) is 0 Å². The monoisotopic (exact) mass is 957 g/mol. The molecule has 2 aliphatic carbocycles. The lowest BCUT2D eigenvalue weighted by Gasteiger charge is -2.51. The largest absolute Gasteiger partial charge is 0.457 e. The highest BCUT2D eigenvalue weighted by atomic mass is 28.3. The molecule has 0 spiro atoms. The van der Waals surface area contributed by atoms with E-state index in [4.69, 9.17) is 9.47 Å². The normalized spacial score (nSPS) is 15.4. The predicted octanol–water partition coefficient (Wildman–Crippen LogP) is 16.3. The highest BCUT2D eigenvalue weighted by Gasteiger charge is 2.59. The SMILES string of the molecule is CC1(C)c2cc(N(c3ccccc3)c3ccccc3)ccc2-c2cc3c4c(c21)N(c1ccccc1)c1c2c(cc5c1[Si]4(C)c1c(cccc1O5)O3)-c1ccc(N(c3ccccc3)c3ccccc3)cc1C2(C)C.